The third-order valence-electron chi connectivity index (χ3n) is 8.36. The van der Waals surface area contributed by atoms with Crippen LogP contribution >= 0.6 is 0 Å². The Kier molecular flexibility index (Phi) is 8.97. The van der Waals surface area contributed by atoms with E-state index in [9.17, 15) is 9.50 Å². The minimum Gasteiger partial charge on any atom is -0.390 e. The molecule has 0 radical (unpaired) electrons. The molecule has 1 atom stereocenters. The molecule has 1 aliphatic rings. The molecule has 7 rings (SSSR count). The summed E-state index contributed by atoms with van der Waals surface area (Å²) < 4.78 is 23.0. The summed E-state index contributed by atoms with van der Waals surface area (Å²) in [6, 6.07) is 20.8. The van der Waals surface area contributed by atoms with Crippen molar-refractivity contribution in [3.63, 3.8) is 0 Å². The number of aliphatic hydroxyl groups excluding tert-OH is 1. The van der Waals surface area contributed by atoms with E-state index in [1.54, 1.807) is 12.4 Å². The van der Waals surface area contributed by atoms with E-state index in [4.69, 9.17) is 4.74 Å². The maximum Gasteiger partial charge on any atom is 0.141 e. The highest BCUT2D eigenvalue weighted by atomic mass is 19.1. The maximum atomic E-state index is 13.7. The van der Waals surface area contributed by atoms with Crippen molar-refractivity contribution in [1.82, 2.24) is 34.5 Å². The summed E-state index contributed by atoms with van der Waals surface area (Å²) >= 11 is 0. The number of hydrogen-bond donors (Lipinski definition) is 3. The first-order chi connectivity index (χ1) is 22.6. The van der Waals surface area contributed by atoms with Gasteiger partial charge in [-0.2, -0.15) is 5.10 Å². The second kappa shape index (κ2) is 13.8. The van der Waals surface area contributed by atoms with Crippen LogP contribution < -0.4 is 10.6 Å². The first-order valence-electron chi connectivity index (χ1n) is 15.6. The van der Waals surface area contributed by atoms with Crippen LogP contribution in [-0.2, 0) is 17.8 Å². The van der Waals surface area contributed by atoms with E-state index >= 15 is 0 Å². The number of ether oxygens (including phenoxy) is 1. The molecule has 0 spiro atoms. The maximum absolute atomic E-state index is 13.7. The standard InChI is InChI=1S/C35H37FN8O2/c36-29-3-1-2-25(16-29)21-44-34-7-5-30(17-28(34)19-40-44)41-35-32-18-26(4-6-33(32)38-24-39-35)27-8-10-43(22-27)23-31(45)20-37-9-11-42-12-14-46-15-13-42/h1-8,10,16-19,22,24,31,37,45H,9,11-15,20-21,23H2,(H,38,39,41). The lowest BCUT2D eigenvalue weighted by Crippen LogP contribution is -2.41. The topological polar surface area (TPSA) is 105 Å². The molecule has 3 aromatic heterocycles. The average molecular weight is 621 g/mol. The number of fused-ring (bicyclic) bond motifs is 2. The van der Waals surface area contributed by atoms with E-state index in [1.165, 1.54) is 12.1 Å². The number of morpholine rings is 1. The van der Waals surface area contributed by atoms with E-state index in [-0.39, 0.29) is 5.82 Å². The Morgan fingerprint density at radius 2 is 1.89 bits per heavy atom. The molecule has 1 unspecified atom stereocenters. The number of nitrogens with one attached hydrogen (secondary N) is 2. The summed E-state index contributed by atoms with van der Waals surface area (Å²) in [5, 5.41) is 23.9. The number of hydrogen-bond acceptors (Lipinski definition) is 8. The molecule has 46 heavy (non-hydrogen) atoms. The molecule has 6 aromatic rings. The van der Waals surface area contributed by atoms with Crippen LogP contribution in [-0.4, -0.2) is 86.4 Å². The van der Waals surface area contributed by atoms with Crippen LogP contribution in [0.5, 0.6) is 0 Å². The first kappa shape index (κ1) is 30.0. The van der Waals surface area contributed by atoms with Gasteiger partial charge in [0.2, 0.25) is 0 Å². The fourth-order valence-corrected chi connectivity index (χ4v) is 5.94. The third-order valence-corrected chi connectivity index (χ3v) is 8.36. The van der Waals surface area contributed by atoms with Gasteiger partial charge in [0.25, 0.3) is 0 Å². The second-order valence-corrected chi connectivity index (χ2v) is 11.7. The van der Waals surface area contributed by atoms with E-state index in [2.05, 4.69) is 55.0 Å². The van der Waals surface area contributed by atoms with Crippen molar-refractivity contribution < 1.29 is 14.2 Å². The van der Waals surface area contributed by atoms with E-state index < -0.39 is 6.10 Å². The van der Waals surface area contributed by atoms with Gasteiger partial charge in [-0.05, 0) is 65.2 Å². The highest BCUT2D eigenvalue weighted by Crippen LogP contribution is 2.30. The Balaban J connectivity index is 1.01. The smallest absolute Gasteiger partial charge is 0.141 e. The zero-order chi connectivity index (χ0) is 31.3. The zero-order valence-corrected chi connectivity index (χ0v) is 25.5. The van der Waals surface area contributed by atoms with Crippen molar-refractivity contribution in [1.29, 1.82) is 0 Å². The number of halogens is 1. The fraction of sp³-hybridized carbons (Fsp3) is 0.286. The van der Waals surface area contributed by atoms with Gasteiger partial charge in [0.15, 0.2) is 0 Å². The zero-order valence-electron chi connectivity index (χ0n) is 25.5. The van der Waals surface area contributed by atoms with Gasteiger partial charge in [-0.3, -0.25) is 9.58 Å². The molecule has 3 aromatic carbocycles. The summed E-state index contributed by atoms with van der Waals surface area (Å²) in [7, 11) is 0. The molecule has 10 nitrogen and oxygen atoms in total. The van der Waals surface area contributed by atoms with Crippen molar-refractivity contribution in [3.8, 4) is 11.1 Å². The van der Waals surface area contributed by atoms with Gasteiger partial charge >= 0.3 is 0 Å². The minimum absolute atomic E-state index is 0.254. The minimum atomic E-state index is -0.489. The van der Waals surface area contributed by atoms with E-state index in [0.29, 0.717) is 25.5 Å². The van der Waals surface area contributed by atoms with Gasteiger partial charge in [-0.25, -0.2) is 14.4 Å². The predicted octanol–water partition coefficient (Wildman–Crippen LogP) is 4.66. The molecule has 1 saturated heterocycles. The molecular weight excluding hydrogens is 583 g/mol. The highest BCUT2D eigenvalue weighted by molar-refractivity contribution is 5.94. The Bertz CT molecular complexity index is 1930. The van der Waals surface area contributed by atoms with Gasteiger partial charge in [0.05, 0.1) is 43.1 Å². The number of rotatable bonds is 12. The Hall–Kier alpha value is -4.68. The molecule has 236 valence electrons. The average Bonchev–Trinajstić information content (AvgIpc) is 3.70. The van der Waals surface area contributed by atoms with Crippen molar-refractivity contribution in [2.24, 2.45) is 0 Å². The van der Waals surface area contributed by atoms with Gasteiger partial charge < -0.3 is 25.0 Å². The quantitative estimate of drug-likeness (QED) is 0.170. The Morgan fingerprint density at radius 1 is 0.978 bits per heavy atom. The lowest BCUT2D eigenvalue weighted by atomic mass is 10.1. The van der Waals surface area contributed by atoms with Crippen LogP contribution in [0.15, 0.2) is 91.6 Å². The second-order valence-electron chi connectivity index (χ2n) is 11.7. The summed E-state index contributed by atoms with van der Waals surface area (Å²) in [6.07, 6.45) is 6.95. The van der Waals surface area contributed by atoms with Gasteiger partial charge in [0, 0.05) is 68.1 Å². The normalized spacial score (nSPS) is 14.7. The lowest BCUT2D eigenvalue weighted by molar-refractivity contribution is 0.0379. The van der Waals surface area contributed by atoms with Crippen LogP contribution in [0.3, 0.4) is 0 Å². The van der Waals surface area contributed by atoms with Crippen molar-refractivity contribution in [3.05, 3.63) is 103 Å². The van der Waals surface area contributed by atoms with Crippen LogP contribution in [0.2, 0.25) is 0 Å². The summed E-state index contributed by atoms with van der Waals surface area (Å²) in [4.78, 5) is 11.4. The molecule has 3 N–H and O–H groups in total. The van der Waals surface area contributed by atoms with Crippen molar-refractivity contribution in [2.75, 3.05) is 51.3 Å². The monoisotopic (exact) mass is 620 g/mol. The van der Waals surface area contributed by atoms with E-state index in [0.717, 1.165) is 83.6 Å². The largest absolute Gasteiger partial charge is 0.390 e. The molecule has 0 aliphatic carbocycles. The lowest BCUT2D eigenvalue weighted by Gasteiger charge is -2.26. The summed E-state index contributed by atoms with van der Waals surface area (Å²) in [6.45, 7) is 6.88. The SMILES string of the molecule is OC(CNCCN1CCOCC1)Cn1ccc(-c2ccc3ncnc(Nc4ccc5c(cnn5Cc5cccc(F)c5)c4)c3c2)c1. The number of aromatic nitrogens is 5. The first-order valence-corrected chi connectivity index (χ1v) is 15.6. The fourth-order valence-electron chi connectivity index (χ4n) is 5.94. The van der Waals surface area contributed by atoms with Gasteiger partial charge in [0.1, 0.15) is 18.0 Å². The molecule has 11 heteroatoms. The van der Waals surface area contributed by atoms with Gasteiger partial charge in [-0.1, -0.05) is 18.2 Å². The Labute approximate surface area is 266 Å². The van der Waals surface area contributed by atoms with Gasteiger partial charge in [-0.15, -0.1) is 0 Å². The van der Waals surface area contributed by atoms with E-state index in [1.807, 2.05) is 52.0 Å². The molecule has 0 bridgehead atoms. The highest BCUT2D eigenvalue weighted by Gasteiger charge is 2.13. The number of benzene rings is 3. The molecule has 0 amide bonds. The molecule has 1 fully saturated rings. The van der Waals surface area contributed by atoms with Crippen LogP contribution in [0.1, 0.15) is 5.56 Å². The van der Waals surface area contributed by atoms with Crippen molar-refractivity contribution in [2.45, 2.75) is 19.2 Å². The third kappa shape index (κ3) is 7.08. The Morgan fingerprint density at radius 3 is 2.78 bits per heavy atom. The van der Waals surface area contributed by atoms with Crippen molar-refractivity contribution >= 4 is 33.3 Å². The number of anilines is 2. The molecule has 0 saturated carbocycles. The van der Waals surface area contributed by atoms with Crippen LogP contribution in [0, 0.1) is 5.82 Å². The molecular formula is C35H37FN8O2. The molecule has 1 aliphatic heterocycles. The predicted molar refractivity (Wildman–Crippen MR) is 178 cm³/mol. The molecule has 4 heterocycles. The summed E-state index contributed by atoms with van der Waals surface area (Å²) in [5.74, 6) is 0.451. The van der Waals surface area contributed by atoms with Crippen LogP contribution in [0.4, 0.5) is 15.9 Å². The number of nitrogens with zero attached hydrogens (tertiary/aromatic N) is 6. The summed E-state index contributed by atoms with van der Waals surface area (Å²) in [5.41, 5.74) is 5.62. The number of aliphatic hydroxyl groups is 1. The van der Waals surface area contributed by atoms with Crippen LogP contribution in [0.25, 0.3) is 32.9 Å².